The van der Waals surface area contributed by atoms with Gasteiger partial charge in [0.05, 0.1) is 11.0 Å². The molecule has 132 valence electrons. The first kappa shape index (κ1) is 19.1. The van der Waals surface area contributed by atoms with Crippen molar-refractivity contribution in [2.75, 3.05) is 16.4 Å². The van der Waals surface area contributed by atoms with E-state index in [9.17, 15) is 9.59 Å². The van der Waals surface area contributed by atoms with E-state index in [0.717, 1.165) is 28.9 Å². The van der Waals surface area contributed by atoms with Gasteiger partial charge in [-0.15, -0.1) is 11.8 Å². The fourth-order valence-electron chi connectivity index (χ4n) is 2.30. The molecule has 0 spiro atoms. The molecule has 0 saturated carbocycles. The minimum atomic E-state index is -0.311. The molecule has 0 aliphatic carbocycles. The highest BCUT2D eigenvalue weighted by Gasteiger charge is 2.16. The molecule has 2 amide bonds. The van der Waals surface area contributed by atoms with Crippen LogP contribution in [0.2, 0.25) is 0 Å². The predicted octanol–water partition coefficient (Wildman–Crippen LogP) is 4.26. The fourth-order valence-corrected chi connectivity index (χ4v) is 2.98. The number of benzene rings is 2. The van der Waals surface area contributed by atoms with E-state index < -0.39 is 0 Å². The van der Waals surface area contributed by atoms with E-state index in [1.807, 2.05) is 62.4 Å². The van der Waals surface area contributed by atoms with Crippen molar-refractivity contribution in [1.29, 1.82) is 0 Å². The lowest BCUT2D eigenvalue weighted by Crippen LogP contribution is -2.25. The van der Waals surface area contributed by atoms with Crippen LogP contribution in [-0.4, -0.2) is 22.8 Å². The molecule has 1 atom stereocenters. The number of anilines is 2. The van der Waals surface area contributed by atoms with E-state index in [-0.39, 0.29) is 22.8 Å². The molecule has 0 aliphatic heterocycles. The van der Waals surface area contributed by atoms with Crippen LogP contribution < -0.4 is 10.6 Å². The molecule has 0 saturated heterocycles. The highest BCUT2D eigenvalue weighted by Crippen LogP contribution is 2.19. The van der Waals surface area contributed by atoms with E-state index >= 15 is 0 Å². The molecule has 0 bridgehead atoms. The largest absolute Gasteiger partial charge is 0.325 e. The zero-order valence-corrected chi connectivity index (χ0v) is 15.7. The highest BCUT2D eigenvalue weighted by molar-refractivity contribution is 8.01. The number of aryl methyl sites for hydroxylation is 2. The summed E-state index contributed by atoms with van der Waals surface area (Å²) in [6.45, 7) is 5.87. The summed E-state index contributed by atoms with van der Waals surface area (Å²) >= 11 is 1.32. The van der Waals surface area contributed by atoms with E-state index in [1.54, 1.807) is 0 Å². The smallest absolute Gasteiger partial charge is 0.237 e. The van der Waals surface area contributed by atoms with Crippen LogP contribution >= 0.6 is 11.8 Å². The normalized spacial score (nSPS) is 11.6. The van der Waals surface area contributed by atoms with Crippen LogP contribution in [-0.2, 0) is 16.0 Å². The SMILES string of the molecule is CCc1ccccc1NC(=O)[C@@H](C)SCC(=O)Nc1ccc(C)cc1. The zero-order chi connectivity index (χ0) is 18.2. The monoisotopic (exact) mass is 356 g/mol. The lowest BCUT2D eigenvalue weighted by atomic mass is 10.1. The Morgan fingerprint density at radius 3 is 2.40 bits per heavy atom. The van der Waals surface area contributed by atoms with Crippen LogP contribution in [0.15, 0.2) is 48.5 Å². The number of para-hydroxylation sites is 1. The molecule has 4 nitrogen and oxygen atoms in total. The van der Waals surface area contributed by atoms with Crippen molar-refractivity contribution in [3.05, 3.63) is 59.7 Å². The number of thioether (sulfide) groups is 1. The molecule has 2 aromatic carbocycles. The molecule has 0 fully saturated rings. The van der Waals surface area contributed by atoms with Gasteiger partial charge in [0.2, 0.25) is 11.8 Å². The summed E-state index contributed by atoms with van der Waals surface area (Å²) in [6, 6.07) is 15.4. The highest BCUT2D eigenvalue weighted by atomic mass is 32.2. The van der Waals surface area contributed by atoms with E-state index in [4.69, 9.17) is 0 Å². The summed E-state index contributed by atoms with van der Waals surface area (Å²) in [5.41, 5.74) is 3.85. The first-order valence-corrected chi connectivity index (χ1v) is 9.41. The minimum absolute atomic E-state index is 0.0889. The first-order chi connectivity index (χ1) is 12.0. The van der Waals surface area contributed by atoms with Crippen LogP contribution in [0.4, 0.5) is 11.4 Å². The van der Waals surface area contributed by atoms with Crippen LogP contribution in [0.3, 0.4) is 0 Å². The number of hydrogen-bond acceptors (Lipinski definition) is 3. The van der Waals surface area contributed by atoms with E-state index in [2.05, 4.69) is 17.6 Å². The van der Waals surface area contributed by atoms with Crippen molar-refractivity contribution in [1.82, 2.24) is 0 Å². The maximum Gasteiger partial charge on any atom is 0.237 e. The lowest BCUT2D eigenvalue weighted by Gasteiger charge is -2.14. The molecule has 0 radical (unpaired) electrons. The van der Waals surface area contributed by atoms with Gasteiger partial charge in [-0.3, -0.25) is 9.59 Å². The zero-order valence-electron chi connectivity index (χ0n) is 14.8. The van der Waals surface area contributed by atoms with Gasteiger partial charge >= 0.3 is 0 Å². The number of carbonyl (C=O) groups is 2. The number of carbonyl (C=O) groups excluding carboxylic acids is 2. The Bertz CT molecular complexity index is 729. The first-order valence-electron chi connectivity index (χ1n) is 8.36. The van der Waals surface area contributed by atoms with Crippen molar-refractivity contribution >= 4 is 35.0 Å². The third-order valence-corrected chi connectivity index (χ3v) is 4.97. The number of hydrogen-bond donors (Lipinski definition) is 2. The van der Waals surface area contributed by atoms with Gasteiger partial charge < -0.3 is 10.6 Å². The van der Waals surface area contributed by atoms with E-state index in [1.165, 1.54) is 11.8 Å². The minimum Gasteiger partial charge on any atom is -0.325 e. The Hall–Kier alpha value is -2.27. The molecular weight excluding hydrogens is 332 g/mol. The molecular formula is C20H24N2O2S. The molecule has 2 rings (SSSR count). The van der Waals surface area contributed by atoms with Crippen molar-refractivity contribution in [3.8, 4) is 0 Å². The van der Waals surface area contributed by atoms with Crippen molar-refractivity contribution in [2.45, 2.75) is 32.4 Å². The standard InChI is InChI=1S/C20H24N2O2S/c1-4-16-7-5-6-8-18(16)22-20(24)15(3)25-13-19(23)21-17-11-9-14(2)10-12-17/h5-12,15H,4,13H2,1-3H3,(H,21,23)(H,22,24)/t15-/m1/s1. The second-order valence-electron chi connectivity index (χ2n) is 5.87. The Labute approximate surface area is 153 Å². The summed E-state index contributed by atoms with van der Waals surface area (Å²) in [5.74, 6) is 0.0363. The van der Waals surface area contributed by atoms with Gasteiger partial charge in [0.1, 0.15) is 0 Å². The summed E-state index contributed by atoms with van der Waals surface area (Å²) in [5, 5.41) is 5.48. The van der Waals surface area contributed by atoms with Crippen LogP contribution in [0.5, 0.6) is 0 Å². The van der Waals surface area contributed by atoms with Crippen molar-refractivity contribution in [3.63, 3.8) is 0 Å². The average molecular weight is 356 g/mol. The van der Waals surface area contributed by atoms with Gasteiger partial charge in [-0.05, 0) is 44.0 Å². The van der Waals surface area contributed by atoms with Gasteiger partial charge in [-0.2, -0.15) is 0 Å². The summed E-state index contributed by atoms with van der Waals surface area (Å²) in [7, 11) is 0. The third-order valence-electron chi connectivity index (χ3n) is 3.83. The Morgan fingerprint density at radius 2 is 1.72 bits per heavy atom. The number of nitrogens with one attached hydrogen (secondary N) is 2. The van der Waals surface area contributed by atoms with Crippen LogP contribution in [0.25, 0.3) is 0 Å². The predicted molar refractivity (Wildman–Crippen MR) is 106 cm³/mol. The maximum atomic E-state index is 12.3. The Morgan fingerprint density at radius 1 is 1.04 bits per heavy atom. The van der Waals surface area contributed by atoms with Crippen molar-refractivity contribution in [2.24, 2.45) is 0 Å². The number of amides is 2. The third kappa shape index (κ3) is 5.94. The van der Waals surface area contributed by atoms with Gasteiger partial charge in [0.15, 0.2) is 0 Å². The molecule has 5 heteroatoms. The average Bonchev–Trinajstić information content (AvgIpc) is 2.62. The summed E-state index contributed by atoms with van der Waals surface area (Å²) < 4.78 is 0. The van der Waals surface area contributed by atoms with Crippen LogP contribution in [0, 0.1) is 6.92 Å². The summed E-state index contributed by atoms with van der Waals surface area (Å²) in [6.07, 6.45) is 0.858. The second kappa shape index (κ2) is 9.28. The number of rotatable bonds is 7. The second-order valence-corrected chi connectivity index (χ2v) is 7.20. The fraction of sp³-hybridized carbons (Fsp3) is 0.300. The van der Waals surface area contributed by atoms with Gasteiger partial charge in [-0.25, -0.2) is 0 Å². The van der Waals surface area contributed by atoms with Gasteiger partial charge in [0, 0.05) is 11.4 Å². The molecule has 2 N–H and O–H groups in total. The summed E-state index contributed by atoms with van der Waals surface area (Å²) in [4.78, 5) is 24.3. The van der Waals surface area contributed by atoms with Gasteiger partial charge in [0.25, 0.3) is 0 Å². The van der Waals surface area contributed by atoms with Gasteiger partial charge in [-0.1, -0.05) is 42.8 Å². The Balaban J connectivity index is 1.82. The lowest BCUT2D eigenvalue weighted by molar-refractivity contribution is -0.115. The maximum absolute atomic E-state index is 12.3. The van der Waals surface area contributed by atoms with Crippen molar-refractivity contribution < 1.29 is 9.59 Å². The molecule has 2 aromatic rings. The molecule has 0 aromatic heterocycles. The van der Waals surface area contributed by atoms with Crippen LogP contribution in [0.1, 0.15) is 25.0 Å². The molecule has 0 aliphatic rings. The molecule has 25 heavy (non-hydrogen) atoms. The molecule has 0 unspecified atom stereocenters. The van der Waals surface area contributed by atoms with E-state index in [0.29, 0.717) is 0 Å². The Kier molecular flexibility index (Phi) is 7.07. The molecule has 0 heterocycles. The topological polar surface area (TPSA) is 58.2 Å². The quantitative estimate of drug-likeness (QED) is 0.779.